The van der Waals surface area contributed by atoms with Crippen LogP contribution in [0.1, 0.15) is 51.4 Å². The highest BCUT2D eigenvalue weighted by atomic mass is 35.5. The third kappa shape index (κ3) is 5.04. The lowest BCUT2D eigenvalue weighted by molar-refractivity contribution is -0.937. The van der Waals surface area contributed by atoms with Gasteiger partial charge in [0.15, 0.2) is 0 Å². The number of nitrogens with zero attached hydrogens (tertiary/aromatic N) is 2. The molecule has 2 saturated heterocycles. The second-order valence-corrected chi connectivity index (χ2v) is 7.73. The van der Waals surface area contributed by atoms with Crippen LogP contribution < -0.4 is 0 Å². The van der Waals surface area contributed by atoms with E-state index in [1.165, 1.54) is 86.5 Å². The van der Waals surface area contributed by atoms with Crippen LogP contribution in [-0.2, 0) is 0 Å². The predicted octanol–water partition coefficient (Wildman–Crippen LogP) is 4.47. The number of likely N-dealkylation sites (tertiary alicyclic amines) is 2. The fourth-order valence-corrected chi connectivity index (χ4v) is 5.15. The molecular formula is C16H36Cl4N2+2. The Bertz CT molecular complexity index is 265. The Morgan fingerprint density at radius 3 is 0.955 bits per heavy atom. The summed E-state index contributed by atoms with van der Waals surface area (Å²) in [6, 6.07) is 2.00. The minimum absolute atomic E-state index is 0. The summed E-state index contributed by atoms with van der Waals surface area (Å²) in [4.78, 5) is 0. The molecule has 3 aliphatic rings. The second-order valence-electron chi connectivity index (χ2n) is 7.73. The number of quaternary nitrogens is 2. The molecule has 2 aliphatic heterocycles. The van der Waals surface area contributed by atoms with Gasteiger partial charge in [0.25, 0.3) is 0 Å². The summed E-state index contributed by atoms with van der Waals surface area (Å²) in [5, 5.41) is 0. The molecule has 0 N–H and O–H groups in total. The Morgan fingerprint density at radius 1 is 0.500 bits per heavy atom. The van der Waals surface area contributed by atoms with Crippen molar-refractivity contribution >= 4 is 49.6 Å². The van der Waals surface area contributed by atoms with Gasteiger partial charge in [-0.05, 0) is 0 Å². The zero-order valence-electron chi connectivity index (χ0n) is 14.2. The lowest BCUT2D eigenvalue weighted by atomic mass is 9.87. The molecule has 3 rings (SSSR count). The maximum atomic E-state index is 2.53. The Hall–Kier alpha value is 1.08. The first-order valence-corrected chi connectivity index (χ1v) is 8.31. The van der Waals surface area contributed by atoms with Gasteiger partial charge in [-0.1, -0.05) is 0 Å². The van der Waals surface area contributed by atoms with Crippen molar-refractivity contribution in [1.29, 1.82) is 0 Å². The summed E-state index contributed by atoms with van der Waals surface area (Å²) in [7, 11) is 5.06. The highest BCUT2D eigenvalue weighted by Crippen LogP contribution is 2.36. The molecule has 0 aromatic rings. The quantitative estimate of drug-likeness (QED) is 0.603. The van der Waals surface area contributed by atoms with Crippen LogP contribution in [-0.4, -0.2) is 61.3 Å². The molecule has 0 bridgehead atoms. The molecule has 0 aromatic heterocycles. The molecule has 1 saturated carbocycles. The summed E-state index contributed by atoms with van der Waals surface area (Å²) in [6.07, 6.45) is 11.9. The van der Waals surface area contributed by atoms with Gasteiger partial charge in [0, 0.05) is 51.4 Å². The molecule has 2 nitrogen and oxygen atoms in total. The topological polar surface area (TPSA) is 0 Å². The third-order valence-corrected chi connectivity index (χ3v) is 6.61. The molecule has 0 aromatic carbocycles. The SMILES string of the molecule is C[N+]1(C2CCC([N+]3(C)CCCC3)CC2)CCCC1.Cl.Cl.Cl.Cl. The standard InChI is InChI=1S/C16H32N2.4ClH/c1-17(11-3-4-12-17)15-7-9-16(10-8-15)18(2)13-5-6-14-18;;;;/h15-16H,3-14H2,1-2H3;4*1H/q+2;;;;. The van der Waals surface area contributed by atoms with E-state index in [1.807, 2.05) is 0 Å². The van der Waals surface area contributed by atoms with Crippen molar-refractivity contribution in [3.63, 3.8) is 0 Å². The summed E-state index contributed by atoms with van der Waals surface area (Å²) in [5.74, 6) is 0. The van der Waals surface area contributed by atoms with Crippen molar-refractivity contribution in [3.8, 4) is 0 Å². The Kier molecular flexibility index (Phi) is 11.7. The molecule has 22 heavy (non-hydrogen) atoms. The van der Waals surface area contributed by atoms with E-state index in [0.717, 1.165) is 12.1 Å². The van der Waals surface area contributed by atoms with Crippen molar-refractivity contribution in [2.45, 2.75) is 63.5 Å². The van der Waals surface area contributed by atoms with Crippen LogP contribution in [0.25, 0.3) is 0 Å². The van der Waals surface area contributed by atoms with Crippen LogP contribution in [0, 0.1) is 0 Å². The first-order chi connectivity index (χ1) is 8.62. The summed E-state index contributed by atoms with van der Waals surface area (Å²) >= 11 is 0. The summed E-state index contributed by atoms with van der Waals surface area (Å²) < 4.78 is 2.83. The Labute approximate surface area is 162 Å². The van der Waals surface area contributed by atoms with E-state index >= 15 is 0 Å². The fraction of sp³-hybridized carbons (Fsp3) is 1.00. The van der Waals surface area contributed by atoms with E-state index in [1.54, 1.807) is 0 Å². The summed E-state index contributed by atoms with van der Waals surface area (Å²) in [5.41, 5.74) is 0. The molecule has 0 unspecified atom stereocenters. The lowest BCUT2D eigenvalue weighted by Gasteiger charge is -2.46. The van der Waals surface area contributed by atoms with Crippen LogP contribution in [0.4, 0.5) is 0 Å². The zero-order chi connectivity index (χ0) is 12.6. The van der Waals surface area contributed by atoms with Gasteiger partial charge in [-0.15, -0.1) is 49.6 Å². The van der Waals surface area contributed by atoms with Gasteiger partial charge in [0.1, 0.15) is 0 Å². The largest absolute Gasteiger partial charge is 0.324 e. The molecule has 0 atom stereocenters. The predicted molar refractivity (Wildman–Crippen MR) is 105 cm³/mol. The molecule has 1 aliphatic carbocycles. The highest BCUT2D eigenvalue weighted by molar-refractivity contribution is 5.86. The Balaban J connectivity index is 0. The second kappa shape index (κ2) is 10.2. The average molecular weight is 398 g/mol. The third-order valence-electron chi connectivity index (χ3n) is 6.61. The lowest BCUT2D eigenvalue weighted by Crippen LogP contribution is -2.56. The van der Waals surface area contributed by atoms with Gasteiger partial charge in [-0.2, -0.15) is 0 Å². The van der Waals surface area contributed by atoms with Crippen LogP contribution in [0.15, 0.2) is 0 Å². The first-order valence-electron chi connectivity index (χ1n) is 8.31. The minimum Gasteiger partial charge on any atom is -0.324 e. The van der Waals surface area contributed by atoms with Crippen molar-refractivity contribution < 1.29 is 8.97 Å². The van der Waals surface area contributed by atoms with Crippen molar-refractivity contribution in [2.24, 2.45) is 0 Å². The number of hydrogen-bond acceptors (Lipinski definition) is 0. The molecule has 3 fully saturated rings. The van der Waals surface area contributed by atoms with Crippen LogP contribution in [0.5, 0.6) is 0 Å². The van der Waals surface area contributed by atoms with E-state index in [4.69, 9.17) is 0 Å². The molecule has 2 heterocycles. The van der Waals surface area contributed by atoms with Crippen molar-refractivity contribution in [3.05, 3.63) is 0 Å². The average Bonchev–Trinajstić information content (AvgIpc) is 3.01. The molecule has 136 valence electrons. The van der Waals surface area contributed by atoms with E-state index in [2.05, 4.69) is 14.1 Å². The monoisotopic (exact) mass is 396 g/mol. The molecular weight excluding hydrogens is 362 g/mol. The molecule has 6 heteroatoms. The normalized spacial score (nSPS) is 31.9. The first kappa shape index (κ1) is 25.3. The van der Waals surface area contributed by atoms with Gasteiger partial charge < -0.3 is 8.97 Å². The number of hydrogen-bond donors (Lipinski definition) is 0. The van der Waals surface area contributed by atoms with Crippen LogP contribution >= 0.6 is 49.6 Å². The summed E-state index contributed by atoms with van der Waals surface area (Å²) in [6.45, 7) is 5.84. The van der Waals surface area contributed by atoms with Gasteiger partial charge in [0.2, 0.25) is 0 Å². The van der Waals surface area contributed by atoms with Crippen molar-refractivity contribution in [2.75, 3.05) is 40.3 Å². The van der Waals surface area contributed by atoms with E-state index in [-0.39, 0.29) is 49.6 Å². The van der Waals surface area contributed by atoms with E-state index < -0.39 is 0 Å². The highest BCUT2D eigenvalue weighted by Gasteiger charge is 2.43. The fourth-order valence-electron chi connectivity index (χ4n) is 5.15. The van der Waals surface area contributed by atoms with Crippen LogP contribution in [0.2, 0.25) is 0 Å². The van der Waals surface area contributed by atoms with E-state index in [0.29, 0.717) is 0 Å². The Morgan fingerprint density at radius 2 is 0.727 bits per heavy atom. The zero-order valence-corrected chi connectivity index (χ0v) is 17.4. The smallest absolute Gasteiger partial charge is 0.0892 e. The van der Waals surface area contributed by atoms with Gasteiger partial charge in [-0.25, -0.2) is 0 Å². The maximum Gasteiger partial charge on any atom is 0.0892 e. The maximum absolute atomic E-state index is 2.53. The molecule has 0 amide bonds. The minimum atomic E-state index is 0. The number of rotatable bonds is 2. The molecule has 0 spiro atoms. The molecule has 0 radical (unpaired) electrons. The van der Waals surface area contributed by atoms with Gasteiger partial charge in [0.05, 0.1) is 52.4 Å². The number of halogens is 4. The van der Waals surface area contributed by atoms with Gasteiger partial charge in [-0.3, -0.25) is 0 Å². The van der Waals surface area contributed by atoms with Crippen molar-refractivity contribution in [1.82, 2.24) is 0 Å². The van der Waals surface area contributed by atoms with Gasteiger partial charge >= 0.3 is 0 Å². The van der Waals surface area contributed by atoms with E-state index in [9.17, 15) is 0 Å². The van der Waals surface area contributed by atoms with Crippen LogP contribution in [0.3, 0.4) is 0 Å².